The monoisotopic (exact) mass is 461 g/mol. The van der Waals surface area contributed by atoms with Crippen LogP contribution in [0.3, 0.4) is 0 Å². The summed E-state index contributed by atoms with van der Waals surface area (Å²) in [5, 5.41) is 9.47. The predicted octanol–water partition coefficient (Wildman–Crippen LogP) is 5.94. The van der Waals surface area contributed by atoms with Gasteiger partial charge in [-0.25, -0.2) is 4.98 Å². The first-order valence-electron chi connectivity index (χ1n) is 8.70. The second-order valence-corrected chi connectivity index (χ2v) is 9.82. The molecule has 0 atom stereocenters. The maximum atomic E-state index is 12.8. The quantitative estimate of drug-likeness (QED) is 0.386. The van der Waals surface area contributed by atoms with E-state index in [0.717, 1.165) is 31.1 Å². The van der Waals surface area contributed by atoms with Crippen LogP contribution < -0.4 is 10.6 Å². The minimum atomic E-state index is -0.256. The van der Waals surface area contributed by atoms with E-state index < -0.39 is 0 Å². The van der Waals surface area contributed by atoms with Crippen LogP contribution >= 0.6 is 45.6 Å². The number of fused-ring (bicyclic) bond motifs is 1. The number of thiazole rings is 1. The van der Waals surface area contributed by atoms with Gasteiger partial charge in [0.25, 0.3) is 5.91 Å². The average Bonchev–Trinajstić information content (AvgIpc) is 3.39. The van der Waals surface area contributed by atoms with Crippen molar-refractivity contribution in [1.29, 1.82) is 0 Å². The Kier molecular flexibility index (Phi) is 5.69. The number of nitrogens with one attached hydrogen (secondary N) is 2. The van der Waals surface area contributed by atoms with Gasteiger partial charge in [0.2, 0.25) is 5.91 Å². The highest BCUT2D eigenvalue weighted by atomic mass is 35.5. The number of carbonyl (C=O) groups excluding carboxylic acids is 2. The van der Waals surface area contributed by atoms with Crippen LogP contribution in [0.2, 0.25) is 5.02 Å². The van der Waals surface area contributed by atoms with Gasteiger partial charge in [-0.05, 0) is 30.7 Å². The van der Waals surface area contributed by atoms with Crippen LogP contribution in [-0.4, -0.2) is 16.8 Å². The molecule has 148 valence electrons. The molecule has 9 heteroatoms. The lowest BCUT2D eigenvalue weighted by Gasteiger charge is -2.00. The van der Waals surface area contributed by atoms with Crippen LogP contribution in [0.1, 0.15) is 27.0 Å². The molecule has 2 N–H and O–H groups in total. The first-order valence-corrected chi connectivity index (χ1v) is 11.6. The molecular weight excluding hydrogens is 446 g/mol. The summed E-state index contributed by atoms with van der Waals surface area (Å²) in [6.07, 6.45) is 0. The highest BCUT2D eigenvalue weighted by molar-refractivity contribution is 7.22. The Morgan fingerprint density at radius 2 is 2.00 bits per heavy atom. The van der Waals surface area contributed by atoms with E-state index in [1.165, 1.54) is 29.6 Å². The number of anilines is 1. The highest BCUT2D eigenvalue weighted by Gasteiger charge is 2.19. The molecule has 29 heavy (non-hydrogen) atoms. The lowest BCUT2D eigenvalue weighted by atomic mass is 10.1. The summed E-state index contributed by atoms with van der Waals surface area (Å²) in [4.78, 5) is 30.9. The van der Waals surface area contributed by atoms with Crippen molar-refractivity contribution in [2.75, 3.05) is 5.32 Å². The number of carbonyl (C=O) groups is 2. The van der Waals surface area contributed by atoms with E-state index >= 15 is 0 Å². The molecule has 0 saturated heterocycles. The normalized spacial score (nSPS) is 11.0. The van der Waals surface area contributed by atoms with E-state index in [1.54, 1.807) is 11.3 Å². The molecule has 3 heterocycles. The van der Waals surface area contributed by atoms with Crippen molar-refractivity contribution in [3.8, 4) is 10.6 Å². The first kappa shape index (κ1) is 20.0. The van der Waals surface area contributed by atoms with Crippen LogP contribution in [0.4, 0.5) is 5.13 Å². The summed E-state index contributed by atoms with van der Waals surface area (Å²) in [7, 11) is 0. The maximum Gasteiger partial charge on any atom is 0.269 e. The van der Waals surface area contributed by atoms with Crippen LogP contribution in [0, 0.1) is 6.92 Å². The Morgan fingerprint density at radius 3 is 2.76 bits per heavy atom. The molecule has 0 saturated carbocycles. The molecule has 4 aromatic rings. The van der Waals surface area contributed by atoms with Gasteiger partial charge in [0.1, 0.15) is 4.88 Å². The number of hydrogen-bond donors (Lipinski definition) is 2. The summed E-state index contributed by atoms with van der Waals surface area (Å²) in [6, 6.07) is 9.84. The number of rotatable bonds is 5. The number of amides is 2. The molecule has 0 unspecified atom stereocenters. The van der Waals surface area contributed by atoms with E-state index in [2.05, 4.69) is 15.6 Å². The number of aromatic nitrogens is 1. The number of nitrogens with zero attached hydrogens (tertiary/aromatic N) is 1. The van der Waals surface area contributed by atoms with Crippen LogP contribution in [0.15, 0.2) is 35.7 Å². The third kappa shape index (κ3) is 4.20. The van der Waals surface area contributed by atoms with Crippen molar-refractivity contribution in [3.05, 3.63) is 56.1 Å². The fourth-order valence-electron chi connectivity index (χ4n) is 2.84. The van der Waals surface area contributed by atoms with Gasteiger partial charge >= 0.3 is 0 Å². The van der Waals surface area contributed by atoms with Gasteiger partial charge in [-0.15, -0.1) is 34.0 Å². The Balaban J connectivity index is 1.51. The van der Waals surface area contributed by atoms with Gasteiger partial charge in [-0.3, -0.25) is 14.9 Å². The van der Waals surface area contributed by atoms with E-state index in [0.29, 0.717) is 21.6 Å². The molecule has 3 aromatic heterocycles. The van der Waals surface area contributed by atoms with Crippen molar-refractivity contribution in [1.82, 2.24) is 10.3 Å². The van der Waals surface area contributed by atoms with Gasteiger partial charge in [-0.2, -0.15) is 0 Å². The molecule has 0 aliphatic carbocycles. The Bertz CT molecular complexity index is 1220. The zero-order valence-corrected chi connectivity index (χ0v) is 18.7. The number of benzene rings is 1. The molecule has 0 aliphatic heterocycles. The molecule has 0 bridgehead atoms. The molecule has 0 fully saturated rings. The summed E-state index contributed by atoms with van der Waals surface area (Å²) in [6.45, 7) is 3.97. The van der Waals surface area contributed by atoms with Gasteiger partial charge < -0.3 is 5.32 Å². The average molecular weight is 462 g/mol. The van der Waals surface area contributed by atoms with Crippen molar-refractivity contribution in [3.63, 3.8) is 0 Å². The summed E-state index contributed by atoms with van der Waals surface area (Å²) >= 11 is 10.8. The Labute approximate surface area is 184 Å². The number of hydrogen-bond acceptors (Lipinski definition) is 6. The second-order valence-electron chi connectivity index (χ2n) is 6.36. The summed E-state index contributed by atoms with van der Waals surface area (Å²) in [5.41, 5.74) is 1.84. The molecule has 0 radical (unpaired) electrons. The second kappa shape index (κ2) is 8.23. The van der Waals surface area contributed by atoms with Gasteiger partial charge in [0.15, 0.2) is 5.13 Å². The largest absolute Gasteiger partial charge is 0.351 e. The Morgan fingerprint density at radius 1 is 1.17 bits per heavy atom. The van der Waals surface area contributed by atoms with Crippen molar-refractivity contribution < 1.29 is 9.59 Å². The zero-order valence-electron chi connectivity index (χ0n) is 15.5. The van der Waals surface area contributed by atoms with Crippen molar-refractivity contribution in [2.24, 2.45) is 0 Å². The van der Waals surface area contributed by atoms with Gasteiger partial charge in [0.05, 0.1) is 22.1 Å². The SMILES string of the molecule is CC(=O)NCc1ccc(-c2csc(NC(=O)c3sc4cccc(C)c4c3Cl)n2)s1. The van der Waals surface area contributed by atoms with E-state index in [9.17, 15) is 9.59 Å². The molecule has 1 aromatic carbocycles. The maximum absolute atomic E-state index is 12.8. The summed E-state index contributed by atoms with van der Waals surface area (Å²) < 4.78 is 0.991. The third-order valence-corrected chi connectivity index (χ3v) is 7.73. The van der Waals surface area contributed by atoms with Crippen molar-refractivity contribution >= 4 is 72.6 Å². The molecule has 5 nitrogen and oxygen atoms in total. The number of thiophene rings is 2. The molecule has 0 spiro atoms. The topological polar surface area (TPSA) is 71.1 Å². The smallest absolute Gasteiger partial charge is 0.269 e. The fourth-order valence-corrected chi connectivity index (χ4v) is 6.11. The van der Waals surface area contributed by atoms with Crippen molar-refractivity contribution in [2.45, 2.75) is 20.4 Å². The molecular formula is C20H16ClN3O2S3. The molecule has 0 aliphatic rings. The summed E-state index contributed by atoms with van der Waals surface area (Å²) in [5.74, 6) is -0.317. The minimum Gasteiger partial charge on any atom is -0.351 e. The highest BCUT2D eigenvalue weighted by Crippen LogP contribution is 2.38. The lowest BCUT2D eigenvalue weighted by molar-refractivity contribution is -0.119. The molecule has 2 amide bonds. The predicted molar refractivity (Wildman–Crippen MR) is 122 cm³/mol. The van der Waals surface area contributed by atoms with E-state index in [1.807, 2.05) is 42.6 Å². The number of halogens is 1. The Hall–Kier alpha value is -2.26. The van der Waals surface area contributed by atoms with Crippen LogP contribution in [0.25, 0.3) is 20.7 Å². The minimum absolute atomic E-state index is 0.0614. The molecule has 4 rings (SSSR count). The van der Waals surface area contributed by atoms with Gasteiger partial charge in [0, 0.05) is 27.3 Å². The van der Waals surface area contributed by atoms with E-state index in [4.69, 9.17) is 11.6 Å². The van der Waals surface area contributed by atoms with Gasteiger partial charge in [-0.1, -0.05) is 23.7 Å². The lowest BCUT2D eigenvalue weighted by Crippen LogP contribution is -2.17. The standard InChI is InChI=1S/C20H16ClN3O2S3/c1-10-4-3-5-15-16(10)17(21)18(29-15)19(26)24-20-23-13(9-27-20)14-7-6-12(28-14)8-22-11(2)25/h3-7,9H,8H2,1-2H3,(H,22,25)(H,23,24,26). The van der Waals surface area contributed by atoms with Crippen LogP contribution in [-0.2, 0) is 11.3 Å². The number of aryl methyl sites for hydroxylation is 1. The first-order chi connectivity index (χ1) is 13.9. The zero-order chi connectivity index (χ0) is 20.5. The fraction of sp³-hybridized carbons (Fsp3) is 0.150. The van der Waals surface area contributed by atoms with E-state index in [-0.39, 0.29) is 11.8 Å². The third-order valence-electron chi connectivity index (χ3n) is 4.22. The van der Waals surface area contributed by atoms with Crippen LogP contribution in [0.5, 0.6) is 0 Å².